The number of cyclic esters (lactones) is 1. The molecule has 2 atom stereocenters. The zero-order valence-corrected chi connectivity index (χ0v) is 17.1. The normalized spacial score (nSPS) is 21.5. The summed E-state index contributed by atoms with van der Waals surface area (Å²) in [6.07, 6.45) is 2.23. The van der Waals surface area contributed by atoms with Crippen LogP contribution in [-0.2, 0) is 4.74 Å². The summed E-state index contributed by atoms with van der Waals surface area (Å²) in [6, 6.07) is 14.2. The van der Waals surface area contributed by atoms with Crippen molar-refractivity contribution in [2.75, 3.05) is 24.6 Å². The van der Waals surface area contributed by atoms with Crippen molar-refractivity contribution in [1.29, 1.82) is 0 Å². The maximum absolute atomic E-state index is 12.6. The number of benzene rings is 2. The Morgan fingerprint density at radius 3 is 2.61 bits per heavy atom. The van der Waals surface area contributed by atoms with Gasteiger partial charge in [0.1, 0.15) is 18.0 Å². The van der Waals surface area contributed by atoms with Gasteiger partial charge in [0.05, 0.1) is 17.5 Å². The van der Waals surface area contributed by atoms with Gasteiger partial charge in [0.15, 0.2) is 0 Å². The van der Waals surface area contributed by atoms with Crippen LogP contribution in [0, 0.1) is 0 Å². The van der Waals surface area contributed by atoms with E-state index in [1.165, 1.54) is 0 Å². The van der Waals surface area contributed by atoms with E-state index in [0.717, 1.165) is 40.3 Å². The molecule has 2 aliphatic heterocycles. The number of amides is 1. The molecule has 2 aliphatic rings. The highest BCUT2D eigenvalue weighted by atomic mass is 16.6. The van der Waals surface area contributed by atoms with E-state index < -0.39 is 0 Å². The van der Waals surface area contributed by atoms with Gasteiger partial charge in [-0.2, -0.15) is 0 Å². The first-order valence-corrected chi connectivity index (χ1v) is 10.5. The number of carbonyl (C=O) groups is 1. The molecule has 0 unspecified atom stereocenters. The van der Waals surface area contributed by atoms with Crippen LogP contribution in [0.2, 0.25) is 0 Å². The minimum Gasteiger partial charge on any atom is -0.447 e. The first kappa shape index (κ1) is 18.2. The molecule has 2 fully saturated rings. The van der Waals surface area contributed by atoms with Crippen LogP contribution >= 0.6 is 0 Å². The number of hydrogen-bond acceptors (Lipinski definition) is 6. The number of fused-ring (bicyclic) bond motifs is 4. The smallest absolute Gasteiger partial charge is 0.410 e. The summed E-state index contributed by atoms with van der Waals surface area (Å²) in [4.78, 5) is 33.3. The number of rotatable bonds is 2. The minimum absolute atomic E-state index is 0.0869. The molecule has 2 saturated heterocycles. The summed E-state index contributed by atoms with van der Waals surface area (Å²) >= 11 is 0. The van der Waals surface area contributed by atoms with Crippen molar-refractivity contribution in [3.63, 3.8) is 0 Å². The van der Waals surface area contributed by atoms with Crippen LogP contribution in [0.4, 0.5) is 10.6 Å². The Morgan fingerprint density at radius 1 is 1.03 bits per heavy atom. The molecule has 1 amide bonds. The van der Waals surface area contributed by atoms with Gasteiger partial charge in [0.25, 0.3) is 0 Å². The lowest BCUT2D eigenvalue weighted by Gasteiger charge is -2.26. The lowest BCUT2D eigenvalue weighted by atomic mass is 10.0. The molecular weight excluding hydrogens is 394 g/mol. The fourth-order valence-electron chi connectivity index (χ4n) is 4.88. The van der Waals surface area contributed by atoms with E-state index in [9.17, 15) is 9.59 Å². The van der Waals surface area contributed by atoms with E-state index in [1.807, 2.05) is 42.2 Å². The first-order valence-electron chi connectivity index (χ1n) is 10.5. The molecule has 0 N–H and O–H groups in total. The third-order valence-corrected chi connectivity index (χ3v) is 6.46. The highest BCUT2D eigenvalue weighted by Crippen LogP contribution is 2.31. The summed E-state index contributed by atoms with van der Waals surface area (Å²) in [5, 5.41) is 4.31. The molecule has 0 spiro atoms. The van der Waals surface area contributed by atoms with Gasteiger partial charge in [-0.25, -0.2) is 14.6 Å². The van der Waals surface area contributed by atoms with Crippen molar-refractivity contribution in [3.05, 3.63) is 59.1 Å². The largest absolute Gasteiger partial charge is 0.447 e. The topological polar surface area (TPSA) is 75.9 Å². The molecule has 2 aromatic carbocycles. The number of nitrogens with zero attached hydrogens (tertiary/aromatic N) is 3. The SMILES string of the molecule is C[C@@H]1COC(=O)N1[C@H]1CCN(c2cc3c(cn2)c(=O)oc2cc4ccccc4cc23)C1. The van der Waals surface area contributed by atoms with Crippen LogP contribution in [0.15, 0.2) is 57.9 Å². The average Bonchev–Trinajstić information content (AvgIpc) is 3.38. The van der Waals surface area contributed by atoms with Crippen LogP contribution in [0.1, 0.15) is 13.3 Å². The predicted molar refractivity (Wildman–Crippen MR) is 119 cm³/mol. The average molecular weight is 415 g/mol. The van der Waals surface area contributed by atoms with E-state index in [-0.39, 0.29) is 23.8 Å². The molecule has 31 heavy (non-hydrogen) atoms. The third-order valence-electron chi connectivity index (χ3n) is 6.46. The molecule has 0 radical (unpaired) electrons. The van der Waals surface area contributed by atoms with Crippen LogP contribution in [0.3, 0.4) is 0 Å². The van der Waals surface area contributed by atoms with Crippen molar-refractivity contribution in [3.8, 4) is 0 Å². The van der Waals surface area contributed by atoms with Gasteiger partial charge in [-0.15, -0.1) is 0 Å². The summed E-state index contributed by atoms with van der Waals surface area (Å²) in [5.41, 5.74) is 0.186. The molecule has 0 saturated carbocycles. The van der Waals surface area contributed by atoms with E-state index in [1.54, 1.807) is 6.20 Å². The van der Waals surface area contributed by atoms with Gasteiger partial charge in [-0.1, -0.05) is 24.3 Å². The van der Waals surface area contributed by atoms with Gasteiger partial charge in [-0.05, 0) is 42.3 Å². The fraction of sp³-hybridized carbons (Fsp3) is 0.292. The predicted octanol–water partition coefficient (Wildman–Crippen LogP) is 3.91. The van der Waals surface area contributed by atoms with Crippen molar-refractivity contribution in [1.82, 2.24) is 9.88 Å². The second-order valence-electron chi connectivity index (χ2n) is 8.39. The summed E-state index contributed by atoms with van der Waals surface area (Å²) in [6.45, 7) is 3.94. The number of ether oxygens (including phenoxy) is 1. The number of pyridine rings is 1. The fourth-order valence-corrected chi connectivity index (χ4v) is 4.88. The molecule has 0 bridgehead atoms. The lowest BCUT2D eigenvalue weighted by Crippen LogP contribution is -2.42. The first-order chi connectivity index (χ1) is 15.1. The third kappa shape index (κ3) is 2.84. The van der Waals surface area contributed by atoms with Crippen molar-refractivity contribution in [2.45, 2.75) is 25.4 Å². The molecule has 2 aromatic heterocycles. The molecule has 4 aromatic rings. The van der Waals surface area contributed by atoms with E-state index in [4.69, 9.17) is 9.15 Å². The van der Waals surface area contributed by atoms with Crippen molar-refractivity contribution < 1.29 is 13.9 Å². The summed E-state index contributed by atoms with van der Waals surface area (Å²) in [7, 11) is 0. The zero-order valence-electron chi connectivity index (χ0n) is 17.1. The van der Waals surface area contributed by atoms with Gasteiger partial charge in [0, 0.05) is 30.1 Å². The van der Waals surface area contributed by atoms with Gasteiger partial charge < -0.3 is 14.1 Å². The molecule has 7 nitrogen and oxygen atoms in total. The molecular formula is C24H21N3O4. The Bertz CT molecular complexity index is 1410. The Morgan fingerprint density at radius 2 is 1.84 bits per heavy atom. The number of hydrogen-bond donors (Lipinski definition) is 0. The second kappa shape index (κ2) is 6.70. The zero-order chi connectivity index (χ0) is 21.1. The molecule has 4 heterocycles. The summed E-state index contributed by atoms with van der Waals surface area (Å²) < 4.78 is 10.8. The van der Waals surface area contributed by atoms with Gasteiger partial charge in [-0.3, -0.25) is 4.90 Å². The van der Waals surface area contributed by atoms with E-state index in [0.29, 0.717) is 24.1 Å². The molecule has 7 heteroatoms. The van der Waals surface area contributed by atoms with E-state index in [2.05, 4.69) is 22.0 Å². The number of aromatic nitrogens is 1. The Kier molecular flexibility index (Phi) is 3.93. The highest BCUT2D eigenvalue weighted by molar-refractivity contribution is 6.09. The van der Waals surface area contributed by atoms with Crippen molar-refractivity contribution in [2.24, 2.45) is 0 Å². The highest BCUT2D eigenvalue weighted by Gasteiger charge is 2.39. The molecule has 0 aliphatic carbocycles. The monoisotopic (exact) mass is 415 g/mol. The minimum atomic E-state index is -0.384. The quantitative estimate of drug-likeness (QED) is 0.281. The Balaban J connectivity index is 1.43. The van der Waals surface area contributed by atoms with Crippen LogP contribution in [-0.4, -0.2) is 47.8 Å². The maximum atomic E-state index is 12.6. The lowest BCUT2D eigenvalue weighted by molar-refractivity contribution is 0.148. The van der Waals surface area contributed by atoms with E-state index >= 15 is 0 Å². The van der Waals surface area contributed by atoms with Gasteiger partial charge in [0.2, 0.25) is 0 Å². The Hall–Kier alpha value is -3.61. The molecule has 156 valence electrons. The van der Waals surface area contributed by atoms with Crippen LogP contribution in [0.25, 0.3) is 32.5 Å². The standard InChI is InChI=1S/C24H21N3O4/c1-14-13-30-24(29)27(14)17-6-7-26(12-17)22-10-18-19-8-15-4-2-3-5-16(15)9-21(19)31-23(28)20(18)11-25-22/h2-5,8-11,14,17H,6-7,12-13H2,1H3/t14-,17+/m1/s1. The second-order valence-corrected chi connectivity index (χ2v) is 8.39. The molecule has 6 rings (SSSR count). The van der Waals surface area contributed by atoms with Crippen LogP contribution < -0.4 is 10.5 Å². The Labute approximate surface area is 177 Å². The maximum Gasteiger partial charge on any atom is 0.410 e. The van der Waals surface area contributed by atoms with Crippen molar-refractivity contribution >= 4 is 44.4 Å². The van der Waals surface area contributed by atoms with Gasteiger partial charge >= 0.3 is 11.7 Å². The number of anilines is 1. The summed E-state index contributed by atoms with van der Waals surface area (Å²) in [5.74, 6) is 0.801. The number of carbonyl (C=O) groups excluding carboxylic acids is 1. The van der Waals surface area contributed by atoms with Crippen LogP contribution in [0.5, 0.6) is 0 Å².